The summed E-state index contributed by atoms with van der Waals surface area (Å²) in [7, 11) is 0. The predicted molar refractivity (Wildman–Crippen MR) is 116 cm³/mol. The Morgan fingerprint density at radius 3 is 1.76 bits per heavy atom. The molecule has 0 bridgehead atoms. The molecule has 33 heavy (non-hydrogen) atoms. The Labute approximate surface area is 190 Å². The van der Waals surface area contributed by atoms with Crippen LogP contribution in [0.25, 0.3) is 0 Å². The van der Waals surface area contributed by atoms with Gasteiger partial charge in [-0.25, -0.2) is 0 Å². The number of amides is 2. The molecular formula is C23H28N2O8. The van der Waals surface area contributed by atoms with Crippen molar-refractivity contribution < 1.29 is 39.5 Å². The summed E-state index contributed by atoms with van der Waals surface area (Å²) >= 11 is 0. The molecule has 2 amide bonds. The maximum atomic E-state index is 12.4. The maximum absolute atomic E-state index is 12.4. The van der Waals surface area contributed by atoms with E-state index in [1.807, 2.05) is 0 Å². The zero-order chi connectivity index (χ0) is 23.8. The average Bonchev–Trinajstić information content (AvgIpc) is 2.86. The summed E-state index contributed by atoms with van der Waals surface area (Å²) in [6.07, 6.45) is -8.18. The van der Waals surface area contributed by atoms with Crippen LogP contribution in [0.1, 0.15) is 20.7 Å². The highest BCUT2D eigenvalue weighted by atomic mass is 16.7. The molecule has 5 atom stereocenters. The van der Waals surface area contributed by atoms with E-state index in [2.05, 4.69) is 10.6 Å². The molecule has 2 aromatic rings. The fourth-order valence-corrected chi connectivity index (χ4v) is 3.33. The highest BCUT2D eigenvalue weighted by Gasteiger charge is 2.44. The normalized spacial score (nSPS) is 24.9. The highest BCUT2D eigenvalue weighted by Crippen LogP contribution is 2.23. The van der Waals surface area contributed by atoms with Gasteiger partial charge in [0, 0.05) is 24.2 Å². The number of aliphatic hydroxyl groups excluding tert-OH is 4. The summed E-state index contributed by atoms with van der Waals surface area (Å²) in [6, 6.07) is 17.0. The lowest BCUT2D eigenvalue weighted by atomic mass is 9.99. The van der Waals surface area contributed by atoms with Crippen LogP contribution in [-0.4, -0.2) is 88.7 Å². The minimum absolute atomic E-state index is 0.0577. The van der Waals surface area contributed by atoms with Crippen LogP contribution in [0.3, 0.4) is 0 Å². The summed E-state index contributed by atoms with van der Waals surface area (Å²) in [5, 5.41) is 45.0. The Bertz CT molecular complexity index is 840. The van der Waals surface area contributed by atoms with Gasteiger partial charge in [0.15, 0.2) is 6.29 Å². The summed E-state index contributed by atoms with van der Waals surface area (Å²) in [5.41, 5.74) is 0.856. The van der Waals surface area contributed by atoms with Gasteiger partial charge in [0.2, 0.25) is 0 Å². The van der Waals surface area contributed by atoms with Crippen LogP contribution >= 0.6 is 0 Å². The molecule has 10 heteroatoms. The van der Waals surface area contributed by atoms with E-state index in [9.17, 15) is 30.0 Å². The fraction of sp³-hybridized carbons (Fsp3) is 0.391. The smallest absolute Gasteiger partial charge is 0.251 e. The molecule has 6 N–H and O–H groups in total. The second-order valence-electron chi connectivity index (χ2n) is 7.61. The third kappa shape index (κ3) is 6.57. The minimum Gasteiger partial charge on any atom is -0.394 e. The van der Waals surface area contributed by atoms with Crippen LogP contribution in [0.4, 0.5) is 0 Å². The van der Waals surface area contributed by atoms with Gasteiger partial charge >= 0.3 is 0 Å². The Balaban J connectivity index is 1.67. The number of rotatable bonds is 9. The molecule has 0 aromatic heterocycles. The van der Waals surface area contributed by atoms with Crippen LogP contribution in [0, 0.1) is 0 Å². The van der Waals surface area contributed by atoms with Crippen LogP contribution in [0.5, 0.6) is 0 Å². The molecule has 10 nitrogen and oxygen atoms in total. The fourth-order valence-electron chi connectivity index (χ4n) is 3.33. The van der Waals surface area contributed by atoms with E-state index in [4.69, 9.17) is 9.47 Å². The highest BCUT2D eigenvalue weighted by molar-refractivity contribution is 5.94. The van der Waals surface area contributed by atoms with E-state index in [1.165, 1.54) is 0 Å². The number of carbonyl (C=O) groups excluding carboxylic acids is 2. The number of ether oxygens (including phenoxy) is 2. The molecule has 1 aliphatic heterocycles. The second-order valence-corrected chi connectivity index (χ2v) is 7.61. The lowest BCUT2D eigenvalue weighted by Crippen LogP contribution is -2.60. The van der Waals surface area contributed by atoms with E-state index in [0.29, 0.717) is 11.1 Å². The van der Waals surface area contributed by atoms with Crippen molar-refractivity contribution in [1.82, 2.24) is 10.6 Å². The standard InChI is InChI=1S/C23H28N2O8/c26-13-17-18(27)19(28)20(29)23(33-17)32-16(11-24-21(30)14-7-3-1-4-8-14)12-25-22(31)15-9-5-2-6-10-15/h1-10,16-20,23,26-29H,11-13H2,(H,24,30)(H,25,31)/t17-,18-,19+,20+,23+/m1/s1. The molecule has 1 saturated heterocycles. The lowest BCUT2D eigenvalue weighted by Gasteiger charge is -2.40. The second kappa shape index (κ2) is 11.8. The van der Waals surface area contributed by atoms with E-state index in [0.717, 1.165) is 0 Å². The van der Waals surface area contributed by atoms with Crippen molar-refractivity contribution in [3.05, 3.63) is 71.8 Å². The Kier molecular flexibility index (Phi) is 8.89. The van der Waals surface area contributed by atoms with Gasteiger partial charge in [0.1, 0.15) is 24.4 Å². The summed E-state index contributed by atoms with van der Waals surface area (Å²) in [6.45, 7) is -0.722. The third-order valence-electron chi connectivity index (χ3n) is 5.23. The molecule has 0 aliphatic carbocycles. The molecule has 1 fully saturated rings. The largest absolute Gasteiger partial charge is 0.394 e. The predicted octanol–water partition coefficient (Wildman–Crippen LogP) is -0.968. The molecular weight excluding hydrogens is 432 g/mol. The first-order valence-corrected chi connectivity index (χ1v) is 10.5. The third-order valence-corrected chi connectivity index (χ3v) is 5.23. The first kappa shape index (κ1) is 24.8. The zero-order valence-corrected chi connectivity index (χ0v) is 17.8. The number of hydrogen-bond donors (Lipinski definition) is 6. The molecule has 0 saturated carbocycles. The number of carbonyl (C=O) groups is 2. The zero-order valence-electron chi connectivity index (χ0n) is 17.8. The van der Waals surface area contributed by atoms with Crippen molar-refractivity contribution in [3.63, 3.8) is 0 Å². The van der Waals surface area contributed by atoms with E-state index >= 15 is 0 Å². The molecule has 0 spiro atoms. The minimum atomic E-state index is -1.61. The molecule has 2 aromatic carbocycles. The van der Waals surface area contributed by atoms with Crippen molar-refractivity contribution in [2.45, 2.75) is 36.8 Å². The maximum Gasteiger partial charge on any atom is 0.251 e. The van der Waals surface area contributed by atoms with Crippen molar-refractivity contribution in [2.75, 3.05) is 19.7 Å². The molecule has 0 unspecified atom stereocenters. The van der Waals surface area contributed by atoms with Crippen LogP contribution in [-0.2, 0) is 9.47 Å². The van der Waals surface area contributed by atoms with Gasteiger partial charge < -0.3 is 40.5 Å². The van der Waals surface area contributed by atoms with Crippen molar-refractivity contribution >= 4 is 11.8 Å². The summed E-state index contributed by atoms with van der Waals surface area (Å²) < 4.78 is 11.1. The summed E-state index contributed by atoms with van der Waals surface area (Å²) in [4.78, 5) is 24.8. The number of benzene rings is 2. The van der Waals surface area contributed by atoms with Gasteiger partial charge in [-0.15, -0.1) is 0 Å². The Hall–Kier alpha value is -2.86. The quantitative estimate of drug-likeness (QED) is 0.279. The molecule has 3 rings (SSSR count). The summed E-state index contributed by atoms with van der Waals surface area (Å²) in [5.74, 6) is -0.736. The number of nitrogens with one attached hydrogen (secondary N) is 2. The number of aliphatic hydroxyl groups is 4. The van der Waals surface area contributed by atoms with Gasteiger partial charge in [-0.05, 0) is 24.3 Å². The first-order valence-electron chi connectivity index (χ1n) is 10.5. The Morgan fingerprint density at radius 1 is 0.818 bits per heavy atom. The van der Waals surface area contributed by atoms with Gasteiger partial charge in [-0.3, -0.25) is 9.59 Å². The molecule has 1 heterocycles. The van der Waals surface area contributed by atoms with Gasteiger partial charge in [0.05, 0.1) is 12.7 Å². The lowest BCUT2D eigenvalue weighted by molar-refractivity contribution is -0.310. The van der Waals surface area contributed by atoms with E-state index in [1.54, 1.807) is 60.7 Å². The van der Waals surface area contributed by atoms with Crippen molar-refractivity contribution in [3.8, 4) is 0 Å². The van der Waals surface area contributed by atoms with Crippen LogP contribution in [0.2, 0.25) is 0 Å². The van der Waals surface area contributed by atoms with Gasteiger partial charge in [-0.2, -0.15) is 0 Å². The van der Waals surface area contributed by atoms with Crippen LogP contribution < -0.4 is 10.6 Å². The SMILES string of the molecule is O=C(NCC(CNC(=O)c1ccccc1)O[C@H]1O[C@H](CO)[C@@H](O)[C@H](O)[C@@H]1O)c1ccccc1. The number of hydrogen-bond acceptors (Lipinski definition) is 8. The van der Waals surface area contributed by atoms with Crippen LogP contribution in [0.15, 0.2) is 60.7 Å². The molecule has 1 aliphatic rings. The first-order chi connectivity index (χ1) is 15.9. The Morgan fingerprint density at radius 2 is 1.30 bits per heavy atom. The van der Waals surface area contributed by atoms with E-state index < -0.39 is 43.4 Å². The van der Waals surface area contributed by atoms with Gasteiger partial charge in [-0.1, -0.05) is 36.4 Å². The van der Waals surface area contributed by atoms with Crippen molar-refractivity contribution in [2.24, 2.45) is 0 Å². The monoisotopic (exact) mass is 460 g/mol. The van der Waals surface area contributed by atoms with Crippen molar-refractivity contribution in [1.29, 1.82) is 0 Å². The van der Waals surface area contributed by atoms with Gasteiger partial charge in [0.25, 0.3) is 11.8 Å². The molecule has 178 valence electrons. The topological polar surface area (TPSA) is 158 Å². The van der Waals surface area contributed by atoms with E-state index in [-0.39, 0.29) is 24.9 Å². The average molecular weight is 460 g/mol. The molecule has 0 radical (unpaired) electrons.